The fraction of sp³-hybridized carbons (Fsp3) is 0.788. The van der Waals surface area contributed by atoms with E-state index in [1.54, 1.807) is 6.08 Å². The molecule has 11 heteroatoms. The van der Waals surface area contributed by atoms with Gasteiger partial charge < -0.3 is 45.1 Å². The fourth-order valence-corrected chi connectivity index (χ4v) is 9.62. The van der Waals surface area contributed by atoms with Crippen LogP contribution in [0.25, 0.3) is 0 Å². The van der Waals surface area contributed by atoms with Crippen molar-refractivity contribution in [1.29, 1.82) is 0 Å². The number of rotatable bonds is 53. The van der Waals surface area contributed by atoms with Crippen LogP contribution in [0.5, 0.6) is 0 Å². The molecule has 1 fully saturated rings. The topological polar surface area (TPSA) is 175 Å². The SMILES string of the molecule is CC/C=C\C/C=C\C/C=C\C/C=C\C/C=C\CCCCCCCCCCCC(=O)OC1C(OCC(NC(=O)C(O)CCCCCCCCCCCCCC)C(O)/C=C/CCCCCCCCCCC)OC(CO)C(O)C1O. The number of ether oxygens (including phenoxy) is 3. The lowest BCUT2D eigenvalue weighted by Crippen LogP contribution is -2.61. The maximum absolute atomic E-state index is 13.4. The lowest BCUT2D eigenvalue weighted by molar-refractivity contribution is -0.305. The molecule has 0 radical (unpaired) electrons. The maximum Gasteiger partial charge on any atom is 0.306 e. The zero-order valence-corrected chi connectivity index (χ0v) is 49.3. The van der Waals surface area contributed by atoms with Gasteiger partial charge in [-0.25, -0.2) is 0 Å². The average molecular weight is 1080 g/mol. The smallest absolute Gasteiger partial charge is 0.306 e. The third-order valence-electron chi connectivity index (χ3n) is 14.6. The molecule has 11 nitrogen and oxygen atoms in total. The van der Waals surface area contributed by atoms with Crippen molar-refractivity contribution in [3.63, 3.8) is 0 Å². The lowest BCUT2D eigenvalue weighted by atomic mass is 9.99. The number of carbonyl (C=O) groups is 2. The van der Waals surface area contributed by atoms with E-state index < -0.39 is 67.4 Å². The summed E-state index contributed by atoms with van der Waals surface area (Å²) in [6.45, 7) is 5.66. The van der Waals surface area contributed by atoms with Crippen LogP contribution in [0.3, 0.4) is 0 Å². The molecule has 1 rings (SSSR count). The first-order valence-electron chi connectivity index (χ1n) is 31.7. The van der Waals surface area contributed by atoms with Gasteiger partial charge in [-0.05, 0) is 70.6 Å². The van der Waals surface area contributed by atoms with Gasteiger partial charge in [-0.15, -0.1) is 0 Å². The molecule has 77 heavy (non-hydrogen) atoms. The summed E-state index contributed by atoms with van der Waals surface area (Å²) in [4.78, 5) is 26.5. The number of hydrogen-bond acceptors (Lipinski definition) is 10. The van der Waals surface area contributed by atoms with E-state index in [-0.39, 0.29) is 13.0 Å². The first-order chi connectivity index (χ1) is 37.7. The van der Waals surface area contributed by atoms with Crippen molar-refractivity contribution in [2.75, 3.05) is 13.2 Å². The van der Waals surface area contributed by atoms with Crippen molar-refractivity contribution in [3.8, 4) is 0 Å². The summed E-state index contributed by atoms with van der Waals surface area (Å²) < 4.78 is 17.6. The van der Waals surface area contributed by atoms with E-state index in [1.807, 2.05) is 6.08 Å². The summed E-state index contributed by atoms with van der Waals surface area (Å²) >= 11 is 0. The Kier molecular flexibility index (Phi) is 50.3. The molecule has 0 aromatic rings. The van der Waals surface area contributed by atoms with Crippen LogP contribution in [0.15, 0.2) is 72.9 Å². The van der Waals surface area contributed by atoms with Crippen molar-refractivity contribution < 1.29 is 49.3 Å². The predicted octanol–water partition coefficient (Wildman–Crippen LogP) is 15.2. The number of amides is 1. The number of aliphatic hydroxyl groups is 5. The van der Waals surface area contributed by atoms with Gasteiger partial charge in [-0.2, -0.15) is 0 Å². The monoisotopic (exact) mass is 1080 g/mol. The van der Waals surface area contributed by atoms with Crippen molar-refractivity contribution in [2.45, 2.75) is 320 Å². The third-order valence-corrected chi connectivity index (χ3v) is 14.6. The normalized spacial score (nSPS) is 19.5. The van der Waals surface area contributed by atoms with Gasteiger partial charge in [0, 0.05) is 6.42 Å². The van der Waals surface area contributed by atoms with E-state index in [9.17, 15) is 35.1 Å². The van der Waals surface area contributed by atoms with Gasteiger partial charge in [-0.3, -0.25) is 9.59 Å². The minimum absolute atomic E-state index is 0.115. The number of carbonyl (C=O) groups excluding carboxylic acids is 2. The Hall–Kier alpha value is -2.90. The van der Waals surface area contributed by atoms with E-state index in [0.717, 1.165) is 103 Å². The van der Waals surface area contributed by atoms with Crippen LogP contribution in [0.1, 0.15) is 271 Å². The highest BCUT2D eigenvalue weighted by atomic mass is 16.7. The largest absolute Gasteiger partial charge is 0.454 e. The molecule has 0 saturated carbocycles. The predicted molar refractivity (Wildman–Crippen MR) is 319 cm³/mol. The number of esters is 1. The molecular formula is C66H117NO10. The quantitative estimate of drug-likeness (QED) is 0.0195. The van der Waals surface area contributed by atoms with Crippen LogP contribution in [-0.2, 0) is 23.8 Å². The van der Waals surface area contributed by atoms with Crippen molar-refractivity contribution in [1.82, 2.24) is 5.32 Å². The van der Waals surface area contributed by atoms with Gasteiger partial charge in [0.25, 0.3) is 0 Å². The standard InChI is InChI=1S/C66H117NO10/c1-4-7-10-13-16-19-22-24-25-26-27-28-29-30-31-32-33-34-35-36-39-42-45-48-51-54-61(71)77-64-63(73)62(72)60(55-68)76-66(64)75-56-57(58(69)52-49-46-43-40-37-21-18-15-12-9-6-3)67-65(74)59(70)53-50-47-44-41-38-23-20-17-14-11-8-5-2/h7,10,16,19,24-25,27-28,30-31,49,52,57-60,62-64,66,68-70,72-73H,4-6,8-9,11-15,17-18,20-23,26,29,32-48,50-51,53-56H2,1-3H3,(H,67,74)/b10-7-,19-16-,25-24-,28-27-,31-30-,52-49+. The van der Waals surface area contributed by atoms with Crippen molar-refractivity contribution in [3.05, 3.63) is 72.9 Å². The summed E-state index contributed by atoms with van der Waals surface area (Å²) in [5.41, 5.74) is 0. The Balaban J connectivity index is 2.59. The molecule has 0 aliphatic carbocycles. The second-order valence-corrected chi connectivity index (χ2v) is 21.8. The molecule has 8 atom stereocenters. The average Bonchev–Trinajstić information content (AvgIpc) is 3.43. The minimum Gasteiger partial charge on any atom is -0.454 e. The van der Waals surface area contributed by atoms with Crippen molar-refractivity contribution >= 4 is 11.9 Å². The highest BCUT2D eigenvalue weighted by Gasteiger charge is 2.47. The number of unbranched alkanes of at least 4 members (excludes halogenated alkanes) is 29. The Labute approximate surface area is 471 Å². The molecular weight excluding hydrogens is 967 g/mol. The van der Waals surface area contributed by atoms with Crippen LogP contribution in [0.4, 0.5) is 0 Å². The van der Waals surface area contributed by atoms with Crippen molar-refractivity contribution in [2.24, 2.45) is 0 Å². The number of allylic oxidation sites excluding steroid dienone is 11. The van der Waals surface area contributed by atoms with E-state index in [0.29, 0.717) is 19.3 Å². The molecule has 1 heterocycles. The van der Waals surface area contributed by atoms with E-state index in [2.05, 4.69) is 86.8 Å². The van der Waals surface area contributed by atoms with Gasteiger partial charge in [0.1, 0.15) is 24.4 Å². The van der Waals surface area contributed by atoms with Crippen LogP contribution in [-0.4, -0.2) is 99.6 Å². The highest BCUT2D eigenvalue weighted by molar-refractivity contribution is 5.80. The van der Waals surface area contributed by atoms with Crippen LogP contribution < -0.4 is 5.32 Å². The molecule has 1 aliphatic rings. The number of hydrogen-bond donors (Lipinski definition) is 6. The number of nitrogens with one attached hydrogen (secondary N) is 1. The van der Waals surface area contributed by atoms with Crippen LogP contribution in [0, 0.1) is 0 Å². The first-order valence-corrected chi connectivity index (χ1v) is 31.7. The molecule has 0 aromatic heterocycles. The third kappa shape index (κ3) is 41.7. The summed E-state index contributed by atoms with van der Waals surface area (Å²) in [7, 11) is 0. The van der Waals surface area contributed by atoms with Gasteiger partial charge >= 0.3 is 5.97 Å². The summed E-state index contributed by atoms with van der Waals surface area (Å²) in [6, 6.07) is -1.02. The van der Waals surface area contributed by atoms with Gasteiger partial charge in [0.2, 0.25) is 5.91 Å². The van der Waals surface area contributed by atoms with Crippen LogP contribution >= 0.6 is 0 Å². The highest BCUT2D eigenvalue weighted by Crippen LogP contribution is 2.26. The molecule has 1 amide bonds. The van der Waals surface area contributed by atoms with Gasteiger partial charge in [0.05, 0.1) is 25.4 Å². The molecule has 0 bridgehead atoms. The molecule has 446 valence electrons. The number of aliphatic hydroxyl groups excluding tert-OH is 5. The summed E-state index contributed by atoms with van der Waals surface area (Å²) in [5, 5.41) is 56.9. The molecule has 6 N–H and O–H groups in total. The second kappa shape index (κ2) is 53.7. The van der Waals surface area contributed by atoms with E-state index in [4.69, 9.17) is 14.2 Å². The maximum atomic E-state index is 13.4. The van der Waals surface area contributed by atoms with Gasteiger partial charge in [-0.1, -0.05) is 267 Å². The Morgan fingerprint density at radius 3 is 1.40 bits per heavy atom. The minimum atomic E-state index is -1.62. The van der Waals surface area contributed by atoms with Crippen LogP contribution in [0.2, 0.25) is 0 Å². The second-order valence-electron chi connectivity index (χ2n) is 21.8. The zero-order chi connectivity index (χ0) is 56.1. The Bertz CT molecular complexity index is 1530. The lowest BCUT2D eigenvalue weighted by Gasteiger charge is -2.41. The fourth-order valence-electron chi connectivity index (χ4n) is 9.62. The molecule has 1 saturated heterocycles. The first kappa shape index (κ1) is 72.1. The zero-order valence-electron chi connectivity index (χ0n) is 49.3. The summed E-state index contributed by atoms with van der Waals surface area (Å²) in [6.07, 6.45) is 58.0. The molecule has 8 unspecified atom stereocenters. The molecule has 1 aliphatic heterocycles. The Morgan fingerprint density at radius 2 is 0.935 bits per heavy atom. The summed E-state index contributed by atoms with van der Waals surface area (Å²) in [5.74, 6) is -1.20. The van der Waals surface area contributed by atoms with E-state index >= 15 is 0 Å². The molecule has 0 aromatic carbocycles. The van der Waals surface area contributed by atoms with Gasteiger partial charge in [0.15, 0.2) is 12.4 Å². The Morgan fingerprint density at radius 1 is 0.519 bits per heavy atom. The van der Waals surface area contributed by atoms with E-state index in [1.165, 1.54) is 122 Å². The molecule has 0 spiro atoms.